The van der Waals surface area contributed by atoms with E-state index in [4.69, 9.17) is 66.4 Å². The van der Waals surface area contributed by atoms with E-state index < -0.39 is 80.0 Å². The number of carboxylic acid groups (broad SMARTS) is 3. The van der Waals surface area contributed by atoms with Crippen LogP contribution in [0.1, 0.15) is 19.8 Å². The first-order valence-corrected chi connectivity index (χ1v) is 8.94. The highest BCUT2D eigenvalue weighted by Crippen LogP contribution is 2.05. The van der Waals surface area contributed by atoms with E-state index in [1.807, 2.05) is 6.92 Å². The standard InChI is InChI=1S/2C6H12O7.C4H8O2/c2*7-1-2(8)3(9)4(10)5(11)6(12)13;1-2-3-4(5)6/h2*2-5,7-11H,1H2,(H,12,13);2-3H2,1H3,(H,5,6)/t2*2-,3-,4+,5-;/m11./s1. The highest BCUT2D eigenvalue weighted by atomic mass is 16.4. The average molecular weight is 480 g/mol. The highest BCUT2D eigenvalue weighted by molar-refractivity contribution is 5.73. The minimum absolute atomic E-state index is 0.292. The van der Waals surface area contributed by atoms with Crippen LogP contribution in [0.4, 0.5) is 0 Å². The SMILES string of the molecule is CCCC(=O)O.O=C(O)[C@H](O)[C@@H](O)[C@H](O)[C@H](O)CO.O=C(O)[C@H](O)[C@@H](O)[C@H](O)[C@H](O)CO. The van der Waals surface area contributed by atoms with Crippen LogP contribution in [0.15, 0.2) is 0 Å². The number of hydrogen-bond donors (Lipinski definition) is 13. The van der Waals surface area contributed by atoms with Gasteiger partial charge in [-0.1, -0.05) is 6.92 Å². The van der Waals surface area contributed by atoms with Gasteiger partial charge in [0.2, 0.25) is 0 Å². The molecular formula is C16H32O16. The minimum Gasteiger partial charge on any atom is -0.481 e. The quantitative estimate of drug-likeness (QED) is 0.123. The van der Waals surface area contributed by atoms with Gasteiger partial charge in [0, 0.05) is 6.42 Å². The van der Waals surface area contributed by atoms with Gasteiger partial charge in [0.1, 0.15) is 36.6 Å². The molecule has 0 spiro atoms. The summed E-state index contributed by atoms with van der Waals surface area (Å²) in [6.07, 6.45) is -14.7. The van der Waals surface area contributed by atoms with E-state index in [-0.39, 0.29) is 0 Å². The van der Waals surface area contributed by atoms with E-state index in [1.165, 1.54) is 0 Å². The molecule has 0 saturated heterocycles. The van der Waals surface area contributed by atoms with Crippen molar-refractivity contribution in [3.05, 3.63) is 0 Å². The maximum absolute atomic E-state index is 10.1. The number of carboxylic acids is 3. The van der Waals surface area contributed by atoms with E-state index in [0.29, 0.717) is 6.42 Å². The minimum atomic E-state index is -2.20. The zero-order valence-corrected chi connectivity index (χ0v) is 17.0. The normalized spacial score (nSPS) is 18.1. The van der Waals surface area contributed by atoms with Gasteiger partial charge < -0.3 is 66.4 Å². The van der Waals surface area contributed by atoms with Crippen molar-refractivity contribution in [3.63, 3.8) is 0 Å². The molecule has 32 heavy (non-hydrogen) atoms. The molecule has 0 rings (SSSR count). The fourth-order valence-electron chi connectivity index (χ4n) is 1.55. The molecule has 0 aromatic heterocycles. The number of aliphatic hydroxyl groups is 10. The topological polar surface area (TPSA) is 314 Å². The third-order valence-electron chi connectivity index (χ3n) is 3.48. The van der Waals surface area contributed by atoms with Crippen molar-refractivity contribution in [1.82, 2.24) is 0 Å². The van der Waals surface area contributed by atoms with Crippen LogP contribution in [0, 0.1) is 0 Å². The third-order valence-corrected chi connectivity index (χ3v) is 3.48. The average Bonchev–Trinajstić information content (AvgIpc) is 2.75. The van der Waals surface area contributed by atoms with Crippen molar-refractivity contribution in [3.8, 4) is 0 Å². The summed E-state index contributed by atoms with van der Waals surface area (Å²) in [6, 6.07) is 0. The van der Waals surface area contributed by atoms with Crippen LogP contribution in [-0.2, 0) is 14.4 Å². The van der Waals surface area contributed by atoms with Crippen molar-refractivity contribution in [2.24, 2.45) is 0 Å². The summed E-state index contributed by atoms with van der Waals surface area (Å²) >= 11 is 0. The van der Waals surface area contributed by atoms with Gasteiger partial charge in [-0.25, -0.2) is 9.59 Å². The van der Waals surface area contributed by atoms with Crippen LogP contribution >= 0.6 is 0 Å². The molecule has 8 atom stereocenters. The highest BCUT2D eigenvalue weighted by Gasteiger charge is 2.34. The smallest absolute Gasteiger partial charge is 0.335 e. The van der Waals surface area contributed by atoms with Crippen LogP contribution in [0.3, 0.4) is 0 Å². The molecule has 0 aliphatic heterocycles. The summed E-state index contributed by atoms with van der Waals surface area (Å²) in [5.74, 6) is -4.16. The van der Waals surface area contributed by atoms with Gasteiger partial charge in [-0.05, 0) is 6.42 Å². The summed E-state index contributed by atoms with van der Waals surface area (Å²) in [7, 11) is 0. The molecule has 0 fully saturated rings. The molecule has 0 aromatic carbocycles. The molecule has 13 N–H and O–H groups in total. The first-order valence-electron chi connectivity index (χ1n) is 8.94. The van der Waals surface area contributed by atoms with Crippen molar-refractivity contribution in [2.45, 2.75) is 68.6 Å². The summed E-state index contributed by atoms with van der Waals surface area (Å²) in [4.78, 5) is 29.8. The van der Waals surface area contributed by atoms with Gasteiger partial charge in [0.25, 0.3) is 0 Å². The molecule has 0 amide bonds. The molecule has 16 heteroatoms. The van der Waals surface area contributed by atoms with E-state index in [1.54, 1.807) is 0 Å². The fourth-order valence-corrected chi connectivity index (χ4v) is 1.55. The number of aliphatic carboxylic acids is 3. The Labute approximate surface area is 181 Å². The van der Waals surface area contributed by atoms with Crippen molar-refractivity contribution in [1.29, 1.82) is 0 Å². The van der Waals surface area contributed by atoms with Crippen LogP contribution in [-0.4, -0.2) is 146 Å². The molecule has 0 heterocycles. The van der Waals surface area contributed by atoms with Gasteiger partial charge in [-0.2, -0.15) is 0 Å². The predicted octanol–water partition coefficient (Wildman–Crippen LogP) is -6.12. The number of aliphatic hydroxyl groups excluding tert-OH is 10. The van der Waals surface area contributed by atoms with Crippen LogP contribution in [0.2, 0.25) is 0 Å². The summed E-state index contributed by atoms with van der Waals surface area (Å²) in [6.45, 7) is 0.156. The molecule has 192 valence electrons. The molecule has 0 aliphatic carbocycles. The van der Waals surface area contributed by atoms with E-state index in [0.717, 1.165) is 6.42 Å². The Kier molecular flexibility index (Phi) is 20.1. The summed E-state index contributed by atoms with van der Waals surface area (Å²) in [5.41, 5.74) is 0. The second kappa shape index (κ2) is 18.6. The van der Waals surface area contributed by atoms with Crippen molar-refractivity contribution in [2.75, 3.05) is 13.2 Å². The lowest BCUT2D eigenvalue weighted by molar-refractivity contribution is -0.164. The van der Waals surface area contributed by atoms with Crippen LogP contribution in [0.25, 0.3) is 0 Å². The van der Waals surface area contributed by atoms with Gasteiger partial charge in [0.05, 0.1) is 13.2 Å². The van der Waals surface area contributed by atoms with Crippen molar-refractivity contribution >= 4 is 17.9 Å². The Hall–Kier alpha value is -1.99. The Morgan fingerprint density at radius 2 is 0.875 bits per heavy atom. The number of rotatable bonds is 12. The molecule has 0 aliphatic rings. The lowest BCUT2D eigenvalue weighted by Gasteiger charge is -2.23. The predicted molar refractivity (Wildman–Crippen MR) is 100 cm³/mol. The van der Waals surface area contributed by atoms with Gasteiger partial charge in [-0.15, -0.1) is 0 Å². The molecular weight excluding hydrogens is 448 g/mol. The largest absolute Gasteiger partial charge is 0.481 e. The van der Waals surface area contributed by atoms with Gasteiger partial charge in [0.15, 0.2) is 12.2 Å². The maximum Gasteiger partial charge on any atom is 0.335 e. The number of hydrogen-bond acceptors (Lipinski definition) is 13. The second-order valence-corrected chi connectivity index (χ2v) is 6.17. The lowest BCUT2D eigenvalue weighted by atomic mass is 10.0. The van der Waals surface area contributed by atoms with E-state index >= 15 is 0 Å². The van der Waals surface area contributed by atoms with Gasteiger partial charge in [-0.3, -0.25) is 4.79 Å². The molecule has 0 unspecified atom stereocenters. The Bertz CT molecular complexity index is 490. The molecule has 0 saturated carbocycles. The van der Waals surface area contributed by atoms with Crippen LogP contribution < -0.4 is 0 Å². The number of carbonyl (C=O) groups is 3. The molecule has 0 aromatic rings. The zero-order chi connectivity index (χ0) is 26.2. The van der Waals surface area contributed by atoms with E-state index in [2.05, 4.69) is 0 Å². The van der Waals surface area contributed by atoms with Gasteiger partial charge >= 0.3 is 17.9 Å². The third kappa shape index (κ3) is 14.9. The monoisotopic (exact) mass is 480 g/mol. The zero-order valence-electron chi connectivity index (χ0n) is 17.0. The van der Waals surface area contributed by atoms with E-state index in [9.17, 15) is 14.4 Å². The second-order valence-electron chi connectivity index (χ2n) is 6.17. The lowest BCUT2D eigenvalue weighted by Crippen LogP contribution is -2.48. The Morgan fingerprint density at radius 1 is 0.594 bits per heavy atom. The van der Waals surface area contributed by atoms with Crippen molar-refractivity contribution < 1.29 is 80.8 Å². The molecule has 0 bridgehead atoms. The fraction of sp³-hybridized carbons (Fsp3) is 0.812. The molecule has 0 radical (unpaired) electrons. The Morgan fingerprint density at radius 3 is 1.00 bits per heavy atom. The maximum atomic E-state index is 10.1. The Balaban J connectivity index is -0.000000422. The first kappa shape index (κ1) is 34.6. The van der Waals surface area contributed by atoms with Crippen LogP contribution in [0.5, 0.6) is 0 Å². The summed E-state index contributed by atoms with van der Waals surface area (Å²) < 4.78 is 0. The first-order chi connectivity index (χ1) is 14.6. The molecule has 16 nitrogen and oxygen atoms in total. The summed E-state index contributed by atoms with van der Waals surface area (Å²) in [5, 5.41) is 112.